The van der Waals surface area contributed by atoms with E-state index in [1.165, 1.54) is 17.0 Å². The van der Waals surface area contributed by atoms with Crippen LogP contribution in [0.25, 0.3) is 10.8 Å². The second-order valence-electron chi connectivity index (χ2n) is 9.07. The highest BCUT2D eigenvalue weighted by Crippen LogP contribution is 2.29. The van der Waals surface area contributed by atoms with E-state index >= 15 is 0 Å². The molecule has 2 atom stereocenters. The molecular formula is C24H29ClN4O5S. The molecule has 0 unspecified atom stereocenters. The number of benzene rings is 2. The van der Waals surface area contributed by atoms with Crippen molar-refractivity contribution in [2.75, 3.05) is 26.2 Å². The molecule has 2 aromatic carbocycles. The summed E-state index contributed by atoms with van der Waals surface area (Å²) >= 11 is 6.02. The van der Waals surface area contributed by atoms with E-state index in [0.717, 1.165) is 29.0 Å². The van der Waals surface area contributed by atoms with Crippen LogP contribution in [0.2, 0.25) is 5.02 Å². The van der Waals surface area contributed by atoms with E-state index < -0.39 is 40.5 Å². The van der Waals surface area contributed by atoms with Crippen molar-refractivity contribution < 1.29 is 22.8 Å². The van der Waals surface area contributed by atoms with Crippen molar-refractivity contribution in [3.8, 4) is 0 Å². The Morgan fingerprint density at radius 2 is 1.74 bits per heavy atom. The van der Waals surface area contributed by atoms with Crippen molar-refractivity contribution in [3.05, 3.63) is 41.4 Å². The molecule has 188 valence electrons. The number of rotatable bonds is 7. The Morgan fingerprint density at radius 1 is 1.09 bits per heavy atom. The average Bonchev–Trinajstić information content (AvgIpc) is 3.22. The number of nitrogens with two attached hydrogens (primary N) is 1. The minimum absolute atomic E-state index is 0.0581. The van der Waals surface area contributed by atoms with Gasteiger partial charge in [-0.25, -0.2) is 8.42 Å². The Balaban J connectivity index is 1.60. The van der Waals surface area contributed by atoms with Crippen LogP contribution in [0.4, 0.5) is 0 Å². The van der Waals surface area contributed by atoms with Crippen molar-refractivity contribution in [2.24, 2.45) is 5.73 Å². The standard InChI is InChI=1S/C24H29ClN4O5S/c1-16(23(31)27-10-3-2-4-11-27)28-12-9-21(24(28)32)29(15-22(26)30)35(33,34)20-8-6-17-13-19(25)7-5-18(17)14-20/h5-8,13-14,16,21H,2-4,9-12,15H2,1H3,(H2,26,30)/t16-,21+/m0/s1. The van der Waals surface area contributed by atoms with Crippen LogP contribution in [0, 0.1) is 0 Å². The van der Waals surface area contributed by atoms with Crippen LogP contribution in [0.15, 0.2) is 41.3 Å². The van der Waals surface area contributed by atoms with Crippen LogP contribution in [0.5, 0.6) is 0 Å². The second kappa shape index (κ2) is 10.1. The molecule has 9 nitrogen and oxygen atoms in total. The number of amides is 3. The molecule has 2 aliphatic heterocycles. The third-order valence-electron chi connectivity index (χ3n) is 6.74. The van der Waals surface area contributed by atoms with Gasteiger partial charge in [-0.05, 0) is 67.6 Å². The highest BCUT2D eigenvalue weighted by atomic mass is 35.5. The van der Waals surface area contributed by atoms with E-state index in [1.54, 1.807) is 36.1 Å². The Hall–Kier alpha value is -2.69. The quantitative estimate of drug-likeness (QED) is 0.598. The molecule has 11 heteroatoms. The first-order chi connectivity index (χ1) is 16.6. The summed E-state index contributed by atoms with van der Waals surface area (Å²) in [6.45, 7) is 2.55. The summed E-state index contributed by atoms with van der Waals surface area (Å²) in [4.78, 5) is 41.3. The summed E-state index contributed by atoms with van der Waals surface area (Å²) in [5.74, 6) is -1.51. The van der Waals surface area contributed by atoms with Gasteiger partial charge in [0.2, 0.25) is 27.7 Å². The first kappa shape index (κ1) is 25.4. The number of nitrogens with zero attached hydrogens (tertiary/aromatic N) is 3. The summed E-state index contributed by atoms with van der Waals surface area (Å²) < 4.78 is 28.1. The molecule has 0 saturated carbocycles. The molecule has 0 bridgehead atoms. The number of hydrogen-bond donors (Lipinski definition) is 1. The number of sulfonamides is 1. The van der Waals surface area contributed by atoms with E-state index in [-0.39, 0.29) is 23.8 Å². The van der Waals surface area contributed by atoms with Crippen LogP contribution < -0.4 is 5.73 Å². The highest BCUT2D eigenvalue weighted by Gasteiger charge is 2.45. The Morgan fingerprint density at radius 3 is 2.43 bits per heavy atom. The van der Waals surface area contributed by atoms with E-state index in [4.69, 9.17) is 17.3 Å². The summed E-state index contributed by atoms with van der Waals surface area (Å²) in [5, 5.41) is 1.93. The first-order valence-corrected chi connectivity index (χ1v) is 13.5. The lowest BCUT2D eigenvalue weighted by atomic mass is 10.1. The second-order valence-corrected chi connectivity index (χ2v) is 11.4. The van der Waals surface area contributed by atoms with Crippen molar-refractivity contribution in [1.82, 2.24) is 14.1 Å². The normalized spacial score (nSPS) is 20.0. The maximum atomic E-state index is 13.6. The summed E-state index contributed by atoms with van der Waals surface area (Å²) in [6, 6.07) is 7.76. The number of fused-ring (bicyclic) bond motifs is 1. The molecule has 0 aliphatic carbocycles. The third kappa shape index (κ3) is 5.14. The fourth-order valence-electron chi connectivity index (χ4n) is 4.86. The lowest BCUT2D eigenvalue weighted by Gasteiger charge is -2.33. The van der Waals surface area contributed by atoms with Crippen LogP contribution in [-0.2, 0) is 24.4 Å². The zero-order valence-corrected chi connectivity index (χ0v) is 21.1. The number of piperidine rings is 1. The number of primary amides is 1. The van der Waals surface area contributed by atoms with Gasteiger partial charge in [0, 0.05) is 24.7 Å². The van der Waals surface area contributed by atoms with Crippen molar-refractivity contribution in [1.29, 1.82) is 0 Å². The van der Waals surface area contributed by atoms with E-state index in [9.17, 15) is 22.8 Å². The summed E-state index contributed by atoms with van der Waals surface area (Å²) in [5.41, 5.74) is 5.38. The van der Waals surface area contributed by atoms with Gasteiger partial charge in [-0.15, -0.1) is 0 Å². The SMILES string of the molecule is C[C@@H](C(=O)N1CCCCC1)N1CC[C@@H](N(CC(N)=O)S(=O)(=O)c2ccc3cc(Cl)ccc3c2)C1=O. The van der Waals surface area contributed by atoms with Crippen LogP contribution in [-0.4, -0.2) is 78.5 Å². The largest absolute Gasteiger partial charge is 0.369 e. The number of halogens is 1. The van der Waals surface area contributed by atoms with Crippen LogP contribution in [0.1, 0.15) is 32.6 Å². The van der Waals surface area contributed by atoms with Gasteiger partial charge < -0.3 is 15.5 Å². The predicted molar refractivity (Wildman–Crippen MR) is 132 cm³/mol. The fourth-order valence-corrected chi connectivity index (χ4v) is 6.65. The zero-order valence-electron chi connectivity index (χ0n) is 19.5. The third-order valence-corrected chi connectivity index (χ3v) is 8.83. The number of carbonyl (C=O) groups is 3. The molecular weight excluding hydrogens is 492 g/mol. The summed E-state index contributed by atoms with van der Waals surface area (Å²) in [6.07, 6.45) is 3.09. The van der Waals surface area contributed by atoms with Crippen molar-refractivity contribution in [3.63, 3.8) is 0 Å². The Bertz CT molecular complexity index is 1260. The lowest BCUT2D eigenvalue weighted by molar-refractivity contribution is -0.144. The molecule has 2 heterocycles. The van der Waals surface area contributed by atoms with Gasteiger partial charge in [-0.1, -0.05) is 23.7 Å². The molecule has 2 aliphatic rings. The maximum Gasteiger partial charge on any atom is 0.245 e. The van der Waals surface area contributed by atoms with Crippen molar-refractivity contribution >= 4 is 50.1 Å². The molecule has 2 aromatic rings. The minimum atomic E-state index is -4.25. The smallest absolute Gasteiger partial charge is 0.245 e. The van der Waals surface area contributed by atoms with Gasteiger partial charge in [0.05, 0.1) is 11.4 Å². The van der Waals surface area contributed by atoms with Gasteiger partial charge in [-0.3, -0.25) is 14.4 Å². The molecule has 35 heavy (non-hydrogen) atoms. The fraction of sp³-hybridized carbons (Fsp3) is 0.458. The molecule has 0 radical (unpaired) electrons. The number of likely N-dealkylation sites (tertiary alicyclic amines) is 2. The van der Waals surface area contributed by atoms with Crippen LogP contribution >= 0.6 is 11.6 Å². The lowest BCUT2D eigenvalue weighted by Crippen LogP contribution is -2.53. The predicted octanol–water partition coefficient (Wildman–Crippen LogP) is 1.97. The maximum absolute atomic E-state index is 13.6. The van der Waals surface area contributed by atoms with E-state index in [1.807, 2.05) is 0 Å². The van der Waals surface area contributed by atoms with Gasteiger partial charge >= 0.3 is 0 Å². The number of carbonyl (C=O) groups excluding carboxylic acids is 3. The Kier molecular flexibility index (Phi) is 7.35. The van der Waals surface area contributed by atoms with Gasteiger partial charge in [-0.2, -0.15) is 4.31 Å². The monoisotopic (exact) mass is 520 g/mol. The molecule has 2 N–H and O–H groups in total. The molecule has 4 rings (SSSR count). The number of hydrogen-bond acceptors (Lipinski definition) is 5. The first-order valence-electron chi connectivity index (χ1n) is 11.7. The van der Waals surface area contributed by atoms with Gasteiger partial charge in [0.25, 0.3) is 0 Å². The van der Waals surface area contributed by atoms with Crippen molar-refractivity contribution in [2.45, 2.75) is 49.6 Å². The highest BCUT2D eigenvalue weighted by molar-refractivity contribution is 7.89. The van der Waals surface area contributed by atoms with Crippen LogP contribution in [0.3, 0.4) is 0 Å². The Labute approximate surface area is 209 Å². The van der Waals surface area contributed by atoms with E-state index in [2.05, 4.69) is 0 Å². The minimum Gasteiger partial charge on any atom is -0.369 e. The molecule has 3 amide bonds. The molecule has 0 spiro atoms. The molecule has 2 saturated heterocycles. The zero-order chi connectivity index (χ0) is 25.3. The molecule has 0 aromatic heterocycles. The molecule has 2 fully saturated rings. The summed E-state index contributed by atoms with van der Waals surface area (Å²) in [7, 11) is -4.25. The van der Waals surface area contributed by atoms with Gasteiger partial charge in [0.1, 0.15) is 12.1 Å². The van der Waals surface area contributed by atoms with Gasteiger partial charge in [0.15, 0.2) is 0 Å². The topological polar surface area (TPSA) is 121 Å². The average molecular weight is 521 g/mol. The van der Waals surface area contributed by atoms with E-state index in [0.29, 0.717) is 23.5 Å².